The summed E-state index contributed by atoms with van der Waals surface area (Å²) in [4.78, 5) is 46.0. The topological polar surface area (TPSA) is 169 Å². The summed E-state index contributed by atoms with van der Waals surface area (Å²) >= 11 is 7.67. The maximum absolute atomic E-state index is 14.5. The van der Waals surface area contributed by atoms with E-state index in [9.17, 15) is 44.4 Å². The molecule has 6 aliphatic rings. The predicted octanol–water partition coefficient (Wildman–Crippen LogP) is 10.4. The second-order valence-electron chi connectivity index (χ2n) is 23.1. The lowest BCUT2D eigenvalue weighted by Crippen LogP contribution is -2.62. The van der Waals surface area contributed by atoms with Crippen LogP contribution < -0.4 is 20.3 Å². The van der Waals surface area contributed by atoms with Gasteiger partial charge in [-0.15, -0.1) is 11.8 Å². The van der Waals surface area contributed by atoms with Gasteiger partial charge >= 0.3 is 5.51 Å². The highest BCUT2D eigenvalue weighted by atomic mass is 35.5. The minimum atomic E-state index is -6.12. The van der Waals surface area contributed by atoms with Crippen molar-refractivity contribution in [1.29, 1.82) is 0 Å². The van der Waals surface area contributed by atoms with Crippen molar-refractivity contribution in [3.63, 3.8) is 0 Å². The first kappa shape index (κ1) is 59.4. The van der Waals surface area contributed by atoms with E-state index in [2.05, 4.69) is 56.2 Å². The van der Waals surface area contributed by atoms with Crippen molar-refractivity contribution in [1.82, 2.24) is 24.7 Å². The third-order valence-electron chi connectivity index (χ3n) is 16.8. The minimum Gasteiger partial charge on any atom is -0.380 e. The van der Waals surface area contributed by atoms with Crippen LogP contribution in [0.3, 0.4) is 0 Å². The molecular weight excluding hydrogens is 1130 g/mol. The maximum Gasteiger partial charge on any atom is 0.501 e. The molecule has 3 unspecified atom stereocenters. The number of piperidine rings is 3. The van der Waals surface area contributed by atoms with E-state index in [0.717, 1.165) is 112 Å². The van der Waals surface area contributed by atoms with Crippen LogP contribution in [0.5, 0.6) is 0 Å². The van der Waals surface area contributed by atoms with Crippen molar-refractivity contribution >= 4 is 77.9 Å². The zero-order chi connectivity index (χ0) is 58.0. The van der Waals surface area contributed by atoms with E-state index >= 15 is 0 Å². The fourth-order valence-electron chi connectivity index (χ4n) is 12.2. The van der Waals surface area contributed by atoms with Gasteiger partial charge in [-0.3, -0.25) is 34.4 Å². The number of rotatable bonds is 19. The molecule has 3 amide bonds. The lowest BCUT2D eigenvalue weighted by atomic mass is 9.73. The number of allylic oxidation sites excluding steroid dienone is 1. The second kappa shape index (κ2) is 24.8. The molecule has 5 fully saturated rings. The van der Waals surface area contributed by atoms with Crippen LogP contribution in [0.15, 0.2) is 142 Å². The maximum atomic E-state index is 14.5. The van der Waals surface area contributed by atoms with Gasteiger partial charge in [0.1, 0.15) is 4.90 Å². The Kier molecular flexibility index (Phi) is 18.0. The number of imide groups is 1. The standard InChI is InChI=1S/C61H69ClF3N7O7S3/c1-60(2)28-26-53(42-12-16-46(62)17-13-42)45(35-60)37-69-30-32-70(33-31-69)48-18-14-44(15-19-48)58(74)68-82(78,79)52-22-24-55(56(34-52)81(76,77)61(63,64)65)66-47(40-80-51-6-4-3-5-7-51)27-29-71-38-50-21-20-49(71)39-72(50)36-41-8-10-43(11-9-41)54-23-25-57(73)67-59(54)75/h3-19,22,24,34,47,49-50,54,66H,20-21,23,25-33,35-40H2,1-2H3,(H,68,74)(H,67,73,75)/t47-,49?,50?,54?/m1/s1. The number of carbonyl (C=O) groups excluding carboxylic acids is 3. The summed E-state index contributed by atoms with van der Waals surface area (Å²) in [5.41, 5.74) is 0.854. The van der Waals surface area contributed by atoms with E-state index < -0.39 is 52.8 Å². The Morgan fingerprint density at radius 2 is 1.49 bits per heavy atom. The van der Waals surface area contributed by atoms with Gasteiger partial charge in [-0.1, -0.05) is 85.6 Å². The van der Waals surface area contributed by atoms with Crippen molar-refractivity contribution < 1.29 is 44.4 Å². The number of hydrogen-bond acceptors (Lipinski definition) is 13. The van der Waals surface area contributed by atoms with Gasteiger partial charge in [0.15, 0.2) is 0 Å². The van der Waals surface area contributed by atoms with E-state index in [4.69, 9.17) is 11.6 Å². The van der Waals surface area contributed by atoms with Crippen LogP contribution in [0.2, 0.25) is 5.02 Å². The summed E-state index contributed by atoms with van der Waals surface area (Å²) in [5.74, 6) is -1.58. The quantitative estimate of drug-likeness (QED) is 0.0528. The number of sulfone groups is 1. The third kappa shape index (κ3) is 14.1. The van der Waals surface area contributed by atoms with Crippen LogP contribution in [0.1, 0.15) is 98.2 Å². The highest BCUT2D eigenvalue weighted by Gasteiger charge is 2.49. The average molecular weight is 1200 g/mol. The molecule has 5 aliphatic heterocycles. The van der Waals surface area contributed by atoms with Gasteiger partial charge in [-0.05, 0) is 139 Å². The van der Waals surface area contributed by atoms with Crippen LogP contribution in [-0.4, -0.2) is 131 Å². The number of nitrogens with one attached hydrogen (secondary N) is 3. The van der Waals surface area contributed by atoms with Crippen LogP contribution in [-0.2, 0) is 36.0 Å². The molecule has 5 heterocycles. The number of amides is 3. The average Bonchev–Trinajstić information content (AvgIpc) is 3.50. The Morgan fingerprint density at radius 3 is 2.15 bits per heavy atom. The summed E-state index contributed by atoms with van der Waals surface area (Å²) in [6.07, 6.45) is 6.29. The lowest BCUT2D eigenvalue weighted by Gasteiger charge is -2.52. The SMILES string of the molecule is CC1(C)CCC(c2ccc(Cl)cc2)=C(CN2CCN(c3ccc(C(=O)NS(=O)(=O)c4ccc(N[C@H](CCN5CC6CCC5CN6Cc5ccc(C6CCC(=O)NC6=O)cc5)CSc5ccccc5)c(S(=O)(=O)C(F)(F)F)c4)cc3)CC2)C1. The Bertz CT molecular complexity index is 3400. The van der Waals surface area contributed by atoms with Gasteiger partial charge < -0.3 is 10.2 Å². The zero-order valence-electron chi connectivity index (χ0n) is 46.0. The number of piperazine rings is 2. The van der Waals surface area contributed by atoms with E-state index in [-0.39, 0.29) is 40.8 Å². The van der Waals surface area contributed by atoms with Crippen molar-refractivity contribution in [3.05, 3.63) is 154 Å². The lowest BCUT2D eigenvalue weighted by molar-refractivity contribution is -0.134. The molecular formula is C61H69ClF3N7O7S3. The molecule has 0 saturated carbocycles. The molecule has 11 rings (SSSR count). The Morgan fingerprint density at radius 1 is 0.805 bits per heavy atom. The van der Waals surface area contributed by atoms with E-state index in [0.29, 0.717) is 49.2 Å². The molecule has 0 spiro atoms. The fraction of sp³-hybridized carbons (Fsp3) is 0.426. The summed E-state index contributed by atoms with van der Waals surface area (Å²) in [5, 5.41) is 6.23. The summed E-state index contributed by atoms with van der Waals surface area (Å²) < 4.78 is 100. The third-order valence-corrected chi connectivity index (χ3v) is 21.1. The number of anilines is 2. The van der Waals surface area contributed by atoms with E-state index in [1.54, 1.807) is 12.1 Å². The molecule has 5 aromatic rings. The molecule has 5 aromatic carbocycles. The molecule has 3 N–H and O–H groups in total. The van der Waals surface area contributed by atoms with Gasteiger partial charge in [0.2, 0.25) is 11.8 Å². The normalized spacial score (nSPS) is 21.5. The number of thioether (sulfide) groups is 1. The number of halogens is 4. The van der Waals surface area contributed by atoms with Crippen LogP contribution >= 0.6 is 23.4 Å². The van der Waals surface area contributed by atoms with Crippen LogP contribution in [0.4, 0.5) is 24.5 Å². The van der Waals surface area contributed by atoms with Crippen LogP contribution in [0.25, 0.3) is 5.57 Å². The molecule has 5 saturated heterocycles. The molecule has 14 nitrogen and oxygen atoms in total. The first-order valence-corrected chi connectivity index (χ1v) is 32.3. The summed E-state index contributed by atoms with van der Waals surface area (Å²) in [6, 6.07) is 34.3. The summed E-state index contributed by atoms with van der Waals surface area (Å²) in [7, 11) is -11.0. The molecule has 436 valence electrons. The van der Waals surface area contributed by atoms with Crippen molar-refractivity contribution in [2.75, 3.05) is 68.3 Å². The molecule has 1 aliphatic carbocycles. The molecule has 0 aromatic heterocycles. The van der Waals surface area contributed by atoms with Crippen molar-refractivity contribution in [3.8, 4) is 0 Å². The number of sulfonamides is 1. The first-order valence-electron chi connectivity index (χ1n) is 28.0. The van der Waals surface area contributed by atoms with Gasteiger partial charge in [-0.2, -0.15) is 13.2 Å². The smallest absolute Gasteiger partial charge is 0.380 e. The molecule has 4 atom stereocenters. The Labute approximate surface area is 488 Å². The van der Waals surface area contributed by atoms with Gasteiger partial charge in [0.25, 0.3) is 25.8 Å². The molecule has 82 heavy (non-hydrogen) atoms. The number of carbonyl (C=O) groups is 3. The number of benzene rings is 5. The van der Waals surface area contributed by atoms with Crippen molar-refractivity contribution in [2.45, 2.75) is 116 Å². The molecule has 2 bridgehead atoms. The number of alkyl halides is 3. The Balaban J connectivity index is 0.784. The monoisotopic (exact) mass is 1200 g/mol. The largest absolute Gasteiger partial charge is 0.501 e. The zero-order valence-corrected chi connectivity index (χ0v) is 49.2. The highest BCUT2D eigenvalue weighted by molar-refractivity contribution is 7.99. The second-order valence-corrected chi connectivity index (χ2v) is 28.2. The van der Waals surface area contributed by atoms with Crippen molar-refractivity contribution in [2.24, 2.45) is 5.41 Å². The first-order chi connectivity index (χ1) is 39.1. The highest BCUT2D eigenvalue weighted by Crippen LogP contribution is 2.43. The van der Waals surface area contributed by atoms with E-state index in [1.165, 1.54) is 40.6 Å². The fourth-order valence-corrected chi connectivity index (χ4v) is 15.4. The Hall–Kier alpha value is -5.74. The van der Waals surface area contributed by atoms with Gasteiger partial charge in [0.05, 0.1) is 16.5 Å². The number of fused-ring (bicyclic) bond motifs is 3. The van der Waals surface area contributed by atoms with Crippen LogP contribution in [0, 0.1) is 5.41 Å². The minimum absolute atomic E-state index is 0.0133. The molecule has 0 radical (unpaired) electrons. The van der Waals surface area contributed by atoms with Gasteiger partial charge in [0, 0.05) is 110 Å². The van der Waals surface area contributed by atoms with E-state index in [1.807, 2.05) is 71.5 Å². The molecule has 21 heteroatoms. The number of hydrogen-bond donors (Lipinski definition) is 3. The summed E-state index contributed by atoms with van der Waals surface area (Å²) in [6.45, 7) is 11.4. The predicted molar refractivity (Wildman–Crippen MR) is 315 cm³/mol. The van der Waals surface area contributed by atoms with Gasteiger partial charge in [-0.25, -0.2) is 21.6 Å². The number of nitrogens with zero attached hydrogens (tertiary/aromatic N) is 4.